The second-order valence-corrected chi connectivity index (χ2v) is 6.11. The number of halogens is 1. The van der Waals surface area contributed by atoms with Crippen molar-refractivity contribution in [1.29, 1.82) is 5.26 Å². The minimum absolute atomic E-state index is 0.495. The molecule has 0 aliphatic heterocycles. The van der Waals surface area contributed by atoms with Crippen LogP contribution in [0.3, 0.4) is 0 Å². The lowest BCUT2D eigenvalue weighted by Crippen LogP contribution is -2.38. The van der Waals surface area contributed by atoms with Crippen molar-refractivity contribution in [3.63, 3.8) is 0 Å². The van der Waals surface area contributed by atoms with Gasteiger partial charge >= 0.3 is 0 Å². The van der Waals surface area contributed by atoms with Crippen LogP contribution in [0.25, 0.3) is 0 Å². The average molecular weight is 297 g/mol. The summed E-state index contributed by atoms with van der Waals surface area (Å²) in [6, 6.07) is 18.3. The van der Waals surface area contributed by atoms with Gasteiger partial charge in [-0.05, 0) is 54.2 Å². The van der Waals surface area contributed by atoms with E-state index in [1.54, 1.807) is 0 Å². The molecular weight excluding hydrogens is 280 g/mol. The van der Waals surface area contributed by atoms with Gasteiger partial charge in [-0.25, -0.2) is 0 Å². The summed E-state index contributed by atoms with van der Waals surface area (Å²) in [7, 11) is 0. The zero-order chi connectivity index (χ0) is 14.9. The maximum atomic E-state index is 9.85. The molecule has 0 fully saturated rings. The first-order valence-corrected chi connectivity index (χ1v) is 7.57. The summed E-state index contributed by atoms with van der Waals surface area (Å²) in [4.78, 5) is 0. The molecule has 0 saturated carbocycles. The van der Waals surface area contributed by atoms with Gasteiger partial charge in [0.15, 0.2) is 5.54 Å². The molecule has 2 aromatic carbocycles. The predicted molar refractivity (Wildman–Crippen MR) is 86.5 cm³/mol. The van der Waals surface area contributed by atoms with E-state index in [9.17, 15) is 5.26 Å². The van der Waals surface area contributed by atoms with Crippen LogP contribution in [0.2, 0.25) is 5.02 Å². The lowest BCUT2D eigenvalue weighted by Gasteiger charge is -2.37. The zero-order valence-electron chi connectivity index (χ0n) is 11.9. The first kappa shape index (κ1) is 14.0. The minimum Gasteiger partial charge on any atom is -0.364 e. The molecule has 2 unspecified atom stereocenters. The van der Waals surface area contributed by atoms with E-state index >= 15 is 0 Å². The van der Waals surface area contributed by atoms with Crippen molar-refractivity contribution in [3.05, 3.63) is 64.7 Å². The van der Waals surface area contributed by atoms with Crippen LogP contribution >= 0.6 is 11.6 Å². The summed E-state index contributed by atoms with van der Waals surface area (Å²) in [6.45, 7) is 2.22. The number of nitrogens with zero attached hydrogens (tertiary/aromatic N) is 1. The highest BCUT2D eigenvalue weighted by Gasteiger charge is 2.38. The third-order valence-corrected chi connectivity index (χ3v) is 4.55. The number of hydrogen-bond donors (Lipinski definition) is 1. The fourth-order valence-corrected chi connectivity index (χ4v) is 3.22. The Bertz CT molecular complexity index is 687. The van der Waals surface area contributed by atoms with Crippen LogP contribution in [0.1, 0.15) is 36.8 Å². The van der Waals surface area contributed by atoms with Gasteiger partial charge in [-0.2, -0.15) is 5.26 Å². The Labute approximate surface area is 130 Å². The molecule has 0 bridgehead atoms. The molecule has 1 aliphatic carbocycles. The summed E-state index contributed by atoms with van der Waals surface area (Å²) < 4.78 is 0. The number of nitrogens with one attached hydrogen (secondary N) is 1. The van der Waals surface area contributed by atoms with Gasteiger partial charge in [0, 0.05) is 10.7 Å². The van der Waals surface area contributed by atoms with E-state index in [1.807, 2.05) is 36.4 Å². The highest BCUT2D eigenvalue weighted by molar-refractivity contribution is 6.30. The molecule has 1 aliphatic rings. The van der Waals surface area contributed by atoms with Crippen LogP contribution in [0.15, 0.2) is 48.5 Å². The molecule has 21 heavy (non-hydrogen) atoms. The Morgan fingerprint density at radius 1 is 1.19 bits per heavy atom. The zero-order valence-corrected chi connectivity index (χ0v) is 12.7. The van der Waals surface area contributed by atoms with Crippen molar-refractivity contribution in [1.82, 2.24) is 0 Å². The Morgan fingerprint density at radius 3 is 2.62 bits per heavy atom. The molecule has 2 nitrogen and oxygen atoms in total. The fraction of sp³-hybridized carbons (Fsp3) is 0.278. The van der Waals surface area contributed by atoms with Gasteiger partial charge in [-0.3, -0.25) is 0 Å². The Hall–Kier alpha value is -1.98. The molecule has 3 rings (SSSR count). The molecule has 3 heteroatoms. The third kappa shape index (κ3) is 2.50. The van der Waals surface area contributed by atoms with Crippen LogP contribution < -0.4 is 5.32 Å². The number of nitriles is 1. The van der Waals surface area contributed by atoms with E-state index in [0.29, 0.717) is 10.9 Å². The minimum atomic E-state index is -0.656. The SMILES string of the molecule is CC1CCC(C#N)(Nc2ccc(Cl)cc2)c2ccccc21. The fourth-order valence-electron chi connectivity index (χ4n) is 3.09. The summed E-state index contributed by atoms with van der Waals surface area (Å²) in [5, 5.41) is 14.0. The van der Waals surface area contributed by atoms with Gasteiger partial charge in [-0.1, -0.05) is 42.8 Å². The summed E-state index contributed by atoms with van der Waals surface area (Å²) >= 11 is 5.93. The number of anilines is 1. The average Bonchev–Trinajstić information content (AvgIpc) is 2.53. The van der Waals surface area contributed by atoms with Crippen molar-refractivity contribution in [2.45, 2.75) is 31.2 Å². The molecule has 2 aromatic rings. The molecule has 0 aromatic heterocycles. The van der Waals surface area contributed by atoms with Gasteiger partial charge in [0.2, 0.25) is 0 Å². The monoisotopic (exact) mass is 296 g/mol. The standard InChI is InChI=1S/C18H17ClN2/c1-13-10-11-18(12-20,17-5-3-2-4-16(13)17)21-15-8-6-14(19)7-9-15/h2-9,13,21H,10-11H2,1H3. The Kier molecular flexibility index (Phi) is 3.61. The molecule has 106 valence electrons. The molecule has 0 spiro atoms. The first-order valence-electron chi connectivity index (χ1n) is 7.19. The number of hydrogen-bond acceptors (Lipinski definition) is 2. The van der Waals surface area contributed by atoms with Gasteiger partial charge in [-0.15, -0.1) is 0 Å². The number of benzene rings is 2. The highest BCUT2D eigenvalue weighted by Crippen LogP contribution is 2.42. The van der Waals surface area contributed by atoms with E-state index in [4.69, 9.17) is 11.6 Å². The topological polar surface area (TPSA) is 35.8 Å². The van der Waals surface area contributed by atoms with Crippen LogP contribution in [0.5, 0.6) is 0 Å². The predicted octanol–water partition coefficient (Wildman–Crippen LogP) is 5.07. The van der Waals surface area contributed by atoms with Crippen LogP contribution in [0.4, 0.5) is 5.69 Å². The van der Waals surface area contributed by atoms with Crippen LogP contribution in [-0.4, -0.2) is 0 Å². The lowest BCUT2D eigenvalue weighted by molar-refractivity contribution is 0.462. The van der Waals surface area contributed by atoms with Crippen molar-refractivity contribution < 1.29 is 0 Å². The molecule has 0 saturated heterocycles. The van der Waals surface area contributed by atoms with Crippen molar-refractivity contribution in [2.24, 2.45) is 0 Å². The first-order chi connectivity index (χ1) is 10.1. The lowest BCUT2D eigenvalue weighted by atomic mass is 9.73. The summed E-state index contributed by atoms with van der Waals surface area (Å²) in [5.74, 6) is 0.495. The maximum Gasteiger partial charge on any atom is 0.151 e. The van der Waals surface area contributed by atoms with E-state index in [0.717, 1.165) is 24.1 Å². The second kappa shape index (κ2) is 5.42. The summed E-state index contributed by atoms with van der Waals surface area (Å²) in [6.07, 6.45) is 1.81. The number of rotatable bonds is 2. The Balaban J connectivity index is 2.03. The van der Waals surface area contributed by atoms with Crippen molar-refractivity contribution >= 4 is 17.3 Å². The second-order valence-electron chi connectivity index (χ2n) is 5.68. The quantitative estimate of drug-likeness (QED) is 0.840. The molecule has 0 amide bonds. The number of fused-ring (bicyclic) bond motifs is 1. The van der Waals surface area contributed by atoms with Crippen LogP contribution in [0, 0.1) is 11.3 Å². The van der Waals surface area contributed by atoms with Crippen molar-refractivity contribution in [2.75, 3.05) is 5.32 Å². The molecule has 0 radical (unpaired) electrons. The van der Waals surface area contributed by atoms with Gasteiger partial charge in [0.05, 0.1) is 6.07 Å². The normalized spacial score (nSPS) is 24.0. The molecular formula is C18H17ClN2. The van der Waals surface area contributed by atoms with E-state index in [2.05, 4.69) is 30.4 Å². The van der Waals surface area contributed by atoms with Gasteiger partial charge in [0.1, 0.15) is 0 Å². The summed E-state index contributed by atoms with van der Waals surface area (Å²) in [5.41, 5.74) is 2.63. The smallest absolute Gasteiger partial charge is 0.151 e. The van der Waals surface area contributed by atoms with E-state index in [1.165, 1.54) is 5.56 Å². The Morgan fingerprint density at radius 2 is 1.90 bits per heavy atom. The maximum absolute atomic E-state index is 9.85. The van der Waals surface area contributed by atoms with E-state index in [-0.39, 0.29) is 0 Å². The van der Waals surface area contributed by atoms with Gasteiger partial charge < -0.3 is 5.32 Å². The molecule has 2 atom stereocenters. The van der Waals surface area contributed by atoms with Crippen LogP contribution in [-0.2, 0) is 5.54 Å². The van der Waals surface area contributed by atoms with Crippen molar-refractivity contribution in [3.8, 4) is 6.07 Å². The molecule has 1 N–H and O–H groups in total. The van der Waals surface area contributed by atoms with Gasteiger partial charge in [0.25, 0.3) is 0 Å². The highest BCUT2D eigenvalue weighted by atomic mass is 35.5. The molecule has 0 heterocycles. The van der Waals surface area contributed by atoms with E-state index < -0.39 is 5.54 Å². The third-order valence-electron chi connectivity index (χ3n) is 4.30. The largest absolute Gasteiger partial charge is 0.364 e.